The Morgan fingerprint density at radius 1 is 1.07 bits per heavy atom. The van der Waals surface area contributed by atoms with Gasteiger partial charge in [-0.1, -0.05) is 13.0 Å². The number of carboxylic acid groups (broad SMARTS) is 1. The Morgan fingerprint density at radius 3 is 2.31 bits per heavy atom. The zero-order valence-electron chi connectivity index (χ0n) is 18.5. The van der Waals surface area contributed by atoms with E-state index in [0.717, 1.165) is 39.2 Å². The number of aryl methyl sites for hydroxylation is 2. The van der Waals surface area contributed by atoms with Gasteiger partial charge in [0.1, 0.15) is 11.5 Å². The summed E-state index contributed by atoms with van der Waals surface area (Å²) >= 11 is 0. The molecule has 0 unspecified atom stereocenters. The highest BCUT2D eigenvalue weighted by Crippen LogP contribution is 2.31. The monoisotopic (exact) mass is 397 g/mol. The lowest BCUT2D eigenvalue weighted by molar-refractivity contribution is -0.139. The van der Waals surface area contributed by atoms with E-state index < -0.39 is 11.4 Å². The standard InChI is InChI=1S/C24H31NO4/c1-8-21(26)24(6,7)23-14(2)9-10-18(25-23)12-19-15(3)11-20(17(5)16(19)4)29-13-22(27)28/h9-11H,8,12-13H2,1-7H3,(H,27,28). The maximum absolute atomic E-state index is 12.5. The van der Waals surface area contributed by atoms with Crippen molar-refractivity contribution in [1.29, 1.82) is 0 Å². The molecular weight excluding hydrogens is 366 g/mol. The number of ketones is 1. The number of aromatic nitrogens is 1. The molecule has 2 rings (SSSR count). The number of hydrogen-bond acceptors (Lipinski definition) is 4. The Morgan fingerprint density at radius 2 is 1.72 bits per heavy atom. The number of carbonyl (C=O) groups excluding carboxylic acids is 1. The number of ether oxygens (including phenoxy) is 1. The number of hydrogen-bond donors (Lipinski definition) is 1. The Labute approximate surface area is 173 Å². The van der Waals surface area contributed by atoms with Crippen LogP contribution in [0.25, 0.3) is 0 Å². The lowest BCUT2D eigenvalue weighted by Gasteiger charge is -2.25. The predicted molar refractivity (Wildman–Crippen MR) is 114 cm³/mol. The molecule has 0 radical (unpaired) electrons. The molecule has 156 valence electrons. The SMILES string of the molecule is CCC(=O)C(C)(C)c1nc(Cc2c(C)cc(OCC(=O)O)c(C)c2C)ccc1C. The zero-order valence-corrected chi connectivity index (χ0v) is 18.5. The van der Waals surface area contributed by atoms with Gasteiger partial charge in [-0.3, -0.25) is 9.78 Å². The molecule has 0 saturated heterocycles. The molecule has 1 N–H and O–H groups in total. The van der Waals surface area contributed by atoms with Crippen LogP contribution in [0.5, 0.6) is 5.75 Å². The van der Waals surface area contributed by atoms with Gasteiger partial charge in [0.05, 0.1) is 11.1 Å². The summed E-state index contributed by atoms with van der Waals surface area (Å²) in [6.45, 7) is 13.3. The highest BCUT2D eigenvalue weighted by Gasteiger charge is 2.31. The number of Topliss-reactive ketones (excluding diaryl/α,β-unsaturated/α-hetero) is 1. The molecule has 0 bridgehead atoms. The summed E-state index contributed by atoms with van der Waals surface area (Å²) < 4.78 is 5.43. The molecular formula is C24H31NO4. The predicted octanol–water partition coefficient (Wildman–Crippen LogP) is 4.63. The summed E-state index contributed by atoms with van der Waals surface area (Å²) in [6.07, 6.45) is 1.12. The zero-order chi connectivity index (χ0) is 21.9. The Bertz CT molecular complexity index is 944. The molecule has 0 aliphatic rings. The van der Waals surface area contributed by atoms with Crippen LogP contribution in [0, 0.1) is 27.7 Å². The molecule has 0 saturated carbocycles. The maximum Gasteiger partial charge on any atom is 0.341 e. The quantitative estimate of drug-likeness (QED) is 0.703. The van der Waals surface area contributed by atoms with Gasteiger partial charge in [-0.25, -0.2) is 4.79 Å². The van der Waals surface area contributed by atoms with Crippen molar-refractivity contribution in [3.05, 3.63) is 57.4 Å². The Kier molecular flexibility index (Phi) is 6.83. The van der Waals surface area contributed by atoms with Gasteiger partial charge in [-0.05, 0) is 81.5 Å². The largest absolute Gasteiger partial charge is 0.482 e. The van der Waals surface area contributed by atoms with E-state index in [1.54, 1.807) is 0 Å². The summed E-state index contributed by atoms with van der Waals surface area (Å²) in [6, 6.07) is 5.93. The van der Waals surface area contributed by atoms with Crippen LogP contribution in [-0.2, 0) is 21.4 Å². The second kappa shape index (κ2) is 8.76. The molecule has 1 aromatic heterocycles. The molecule has 0 atom stereocenters. The molecule has 0 aliphatic heterocycles. The lowest BCUT2D eigenvalue weighted by atomic mass is 9.80. The lowest BCUT2D eigenvalue weighted by Crippen LogP contribution is -2.30. The molecule has 5 nitrogen and oxygen atoms in total. The minimum absolute atomic E-state index is 0.174. The summed E-state index contributed by atoms with van der Waals surface area (Å²) in [5.41, 5.74) is 6.31. The summed E-state index contributed by atoms with van der Waals surface area (Å²) in [5.74, 6) is -0.226. The van der Waals surface area contributed by atoms with Crippen molar-refractivity contribution in [2.45, 2.75) is 66.7 Å². The first kappa shape index (κ1) is 22.6. The van der Waals surface area contributed by atoms with Gasteiger partial charge in [-0.2, -0.15) is 0 Å². The van der Waals surface area contributed by atoms with E-state index in [2.05, 4.69) is 0 Å². The number of aliphatic carboxylic acids is 1. The van der Waals surface area contributed by atoms with E-state index in [9.17, 15) is 9.59 Å². The molecule has 0 aliphatic carbocycles. The van der Waals surface area contributed by atoms with Crippen LogP contribution >= 0.6 is 0 Å². The van der Waals surface area contributed by atoms with Gasteiger partial charge in [0.2, 0.25) is 0 Å². The summed E-state index contributed by atoms with van der Waals surface area (Å²) in [5, 5.41) is 8.87. The van der Waals surface area contributed by atoms with Crippen molar-refractivity contribution >= 4 is 11.8 Å². The van der Waals surface area contributed by atoms with E-state index >= 15 is 0 Å². The number of nitrogens with zero attached hydrogens (tertiary/aromatic N) is 1. The van der Waals surface area contributed by atoms with Crippen molar-refractivity contribution in [1.82, 2.24) is 4.98 Å². The van der Waals surface area contributed by atoms with Crippen LogP contribution in [0.2, 0.25) is 0 Å². The van der Waals surface area contributed by atoms with Gasteiger partial charge in [0, 0.05) is 18.5 Å². The molecule has 29 heavy (non-hydrogen) atoms. The fourth-order valence-corrected chi connectivity index (χ4v) is 3.72. The first-order valence-corrected chi connectivity index (χ1v) is 9.93. The number of rotatable bonds is 8. The summed E-state index contributed by atoms with van der Waals surface area (Å²) in [4.78, 5) is 28.1. The van der Waals surface area contributed by atoms with Crippen LogP contribution < -0.4 is 4.74 Å². The molecule has 5 heteroatoms. The number of carbonyl (C=O) groups is 2. The van der Waals surface area contributed by atoms with Crippen molar-refractivity contribution in [3.63, 3.8) is 0 Å². The van der Waals surface area contributed by atoms with E-state index in [1.807, 2.05) is 66.7 Å². The van der Waals surface area contributed by atoms with Crippen LogP contribution in [0.3, 0.4) is 0 Å². The third-order valence-electron chi connectivity index (χ3n) is 5.68. The Hall–Kier alpha value is -2.69. The molecule has 1 heterocycles. The molecule has 0 fully saturated rings. The van der Waals surface area contributed by atoms with Gasteiger partial charge in [-0.15, -0.1) is 0 Å². The molecule has 0 amide bonds. The number of carboxylic acids is 1. The van der Waals surface area contributed by atoms with Crippen LogP contribution in [0.15, 0.2) is 18.2 Å². The average Bonchev–Trinajstić information content (AvgIpc) is 2.67. The van der Waals surface area contributed by atoms with Crippen LogP contribution in [0.1, 0.15) is 66.4 Å². The van der Waals surface area contributed by atoms with Crippen LogP contribution in [0.4, 0.5) is 0 Å². The van der Waals surface area contributed by atoms with Crippen molar-refractivity contribution in [2.24, 2.45) is 0 Å². The second-order valence-electron chi connectivity index (χ2n) is 8.15. The number of pyridine rings is 1. The minimum Gasteiger partial charge on any atom is -0.482 e. The second-order valence-corrected chi connectivity index (χ2v) is 8.15. The van der Waals surface area contributed by atoms with Crippen molar-refractivity contribution < 1.29 is 19.4 Å². The maximum atomic E-state index is 12.5. The first-order valence-electron chi connectivity index (χ1n) is 9.93. The number of benzene rings is 1. The molecule has 2 aromatic rings. The normalized spacial score (nSPS) is 11.4. The topological polar surface area (TPSA) is 76.5 Å². The van der Waals surface area contributed by atoms with Crippen molar-refractivity contribution in [3.8, 4) is 5.75 Å². The fraction of sp³-hybridized carbons (Fsp3) is 0.458. The van der Waals surface area contributed by atoms with E-state index in [0.29, 0.717) is 18.6 Å². The van der Waals surface area contributed by atoms with Gasteiger partial charge < -0.3 is 9.84 Å². The summed E-state index contributed by atoms with van der Waals surface area (Å²) in [7, 11) is 0. The molecule has 1 aromatic carbocycles. The highest BCUT2D eigenvalue weighted by molar-refractivity contribution is 5.88. The smallest absolute Gasteiger partial charge is 0.341 e. The third-order valence-corrected chi connectivity index (χ3v) is 5.68. The van der Waals surface area contributed by atoms with E-state index in [4.69, 9.17) is 14.8 Å². The van der Waals surface area contributed by atoms with Gasteiger partial charge in [0.25, 0.3) is 0 Å². The minimum atomic E-state index is -0.996. The van der Waals surface area contributed by atoms with Crippen LogP contribution in [-0.4, -0.2) is 28.4 Å². The fourth-order valence-electron chi connectivity index (χ4n) is 3.72. The van der Waals surface area contributed by atoms with E-state index in [-0.39, 0.29) is 12.4 Å². The third kappa shape index (κ3) is 4.84. The average molecular weight is 398 g/mol. The Balaban J connectivity index is 2.42. The van der Waals surface area contributed by atoms with Crippen molar-refractivity contribution in [2.75, 3.05) is 6.61 Å². The van der Waals surface area contributed by atoms with Gasteiger partial charge >= 0.3 is 5.97 Å². The highest BCUT2D eigenvalue weighted by atomic mass is 16.5. The molecule has 0 spiro atoms. The van der Waals surface area contributed by atoms with Gasteiger partial charge in [0.15, 0.2) is 6.61 Å². The first-order chi connectivity index (χ1) is 13.5. The van der Waals surface area contributed by atoms with E-state index in [1.165, 1.54) is 0 Å².